The maximum atomic E-state index is 5.95. The van der Waals surface area contributed by atoms with E-state index in [4.69, 9.17) is 17.3 Å². The van der Waals surface area contributed by atoms with Crippen molar-refractivity contribution in [1.82, 2.24) is 14.8 Å². The highest BCUT2D eigenvalue weighted by Gasteiger charge is 2.08. The molecule has 0 fully saturated rings. The highest BCUT2D eigenvalue weighted by Crippen LogP contribution is 2.23. The van der Waals surface area contributed by atoms with Crippen LogP contribution in [0.4, 0.5) is 5.95 Å². The van der Waals surface area contributed by atoms with Crippen molar-refractivity contribution in [2.24, 2.45) is 0 Å². The Labute approximate surface area is 97.8 Å². The van der Waals surface area contributed by atoms with Crippen LogP contribution in [-0.4, -0.2) is 14.8 Å². The van der Waals surface area contributed by atoms with E-state index in [0.29, 0.717) is 11.3 Å². The molecule has 0 saturated heterocycles. The van der Waals surface area contributed by atoms with Crippen LogP contribution in [0.25, 0.3) is 0 Å². The van der Waals surface area contributed by atoms with E-state index in [1.54, 1.807) is 16.0 Å². The van der Waals surface area contributed by atoms with E-state index in [1.807, 2.05) is 11.4 Å². The number of hydrogen-bond donors (Lipinski definition) is 1. The predicted octanol–water partition coefficient (Wildman–Crippen LogP) is 2.39. The van der Waals surface area contributed by atoms with E-state index in [0.717, 1.165) is 9.90 Å². The van der Waals surface area contributed by atoms with Gasteiger partial charge in [-0.3, -0.25) is 0 Å². The summed E-state index contributed by atoms with van der Waals surface area (Å²) in [6.07, 6.45) is 0. The molecule has 0 spiro atoms. The van der Waals surface area contributed by atoms with Gasteiger partial charge in [0.1, 0.15) is 0 Å². The molecule has 0 saturated carbocycles. The van der Waals surface area contributed by atoms with E-state index in [9.17, 15) is 0 Å². The first kappa shape index (κ1) is 9.95. The monoisotopic (exact) mass is 292 g/mol. The Morgan fingerprint density at radius 3 is 2.93 bits per heavy atom. The van der Waals surface area contributed by atoms with Gasteiger partial charge >= 0.3 is 0 Å². The van der Waals surface area contributed by atoms with Crippen molar-refractivity contribution in [2.75, 3.05) is 5.73 Å². The highest BCUT2D eigenvalue weighted by molar-refractivity contribution is 9.10. The largest absolute Gasteiger partial charge is 0.366 e. The Bertz CT molecular complexity index is 452. The second-order valence-corrected chi connectivity index (χ2v) is 4.71. The Morgan fingerprint density at radius 1 is 1.64 bits per heavy atom. The van der Waals surface area contributed by atoms with Gasteiger partial charge in [-0.25, -0.2) is 4.68 Å². The van der Waals surface area contributed by atoms with Gasteiger partial charge in [0.15, 0.2) is 4.73 Å². The number of rotatable bonds is 2. The molecule has 4 nitrogen and oxygen atoms in total. The molecule has 0 atom stereocenters. The Morgan fingerprint density at radius 2 is 2.43 bits per heavy atom. The third kappa shape index (κ3) is 1.92. The fourth-order valence-electron chi connectivity index (χ4n) is 1.01. The number of anilines is 1. The number of nitrogens with two attached hydrogens (primary N) is 1. The average Bonchev–Trinajstić information content (AvgIpc) is 2.62. The second-order valence-electron chi connectivity index (χ2n) is 2.59. The van der Waals surface area contributed by atoms with Crippen LogP contribution in [0.15, 0.2) is 16.2 Å². The molecule has 74 valence electrons. The van der Waals surface area contributed by atoms with Crippen LogP contribution >= 0.6 is 38.9 Å². The molecular formula is C7H6BrClN4S. The van der Waals surface area contributed by atoms with E-state index < -0.39 is 0 Å². The number of nitrogen functional groups attached to an aromatic ring is 1. The van der Waals surface area contributed by atoms with Crippen molar-refractivity contribution in [3.63, 3.8) is 0 Å². The van der Waals surface area contributed by atoms with E-state index >= 15 is 0 Å². The SMILES string of the molecule is Nc1nc(Br)n(Cc2sccc2Cl)n1. The summed E-state index contributed by atoms with van der Waals surface area (Å²) in [6, 6.07) is 1.86. The summed E-state index contributed by atoms with van der Waals surface area (Å²) in [4.78, 5) is 4.97. The fourth-order valence-corrected chi connectivity index (χ4v) is 2.48. The molecule has 0 aliphatic carbocycles. The third-order valence-electron chi connectivity index (χ3n) is 1.63. The summed E-state index contributed by atoms with van der Waals surface area (Å²) in [5, 5.41) is 6.69. The van der Waals surface area contributed by atoms with Crippen LogP contribution < -0.4 is 5.73 Å². The number of thiophene rings is 1. The minimum absolute atomic E-state index is 0.254. The number of nitrogens with zero attached hydrogens (tertiary/aromatic N) is 3. The molecule has 2 aromatic heterocycles. The Balaban J connectivity index is 2.27. The van der Waals surface area contributed by atoms with Crippen molar-refractivity contribution < 1.29 is 0 Å². The summed E-state index contributed by atoms with van der Waals surface area (Å²) < 4.78 is 2.27. The minimum Gasteiger partial charge on any atom is -0.366 e. The van der Waals surface area contributed by atoms with Crippen LogP contribution in [-0.2, 0) is 6.54 Å². The minimum atomic E-state index is 0.254. The summed E-state index contributed by atoms with van der Waals surface area (Å²) >= 11 is 10.8. The van der Waals surface area contributed by atoms with Gasteiger partial charge in [-0.15, -0.1) is 16.4 Å². The standard InChI is InChI=1S/C7H6BrClN4S/c8-6-11-7(10)12-13(6)3-5-4(9)1-2-14-5/h1-2H,3H2,(H2,10,12). The average molecular weight is 294 g/mol. The van der Waals surface area contributed by atoms with Gasteiger partial charge in [0, 0.05) is 4.88 Å². The molecule has 2 heterocycles. The zero-order chi connectivity index (χ0) is 10.1. The van der Waals surface area contributed by atoms with E-state index in [1.165, 1.54) is 0 Å². The summed E-state index contributed by atoms with van der Waals surface area (Å²) in [6.45, 7) is 0.585. The first-order chi connectivity index (χ1) is 6.66. The number of hydrogen-bond acceptors (Lipinski definition) is 4. The van der Waals surface area contributed by atoms with Crippen LogP contribution in [0.3, 0.4) is 0 Å². The van der Waals surface area contributed by atoms with Crippen molar-refractivity contribution in [2.45, 2.75) is 6.54 Å². The Kier molecular flexibility index (Phi) is 2.76. The van der Waals surface area contributed by atoms with Gasteiger partial charge in [0.05, 0.1) is 11.6 Å². The highest BCUT2D eigenvalue weighted by atomic mass is 79.9. The maximum Gasteiger partial charge on any atom is 0.240 e. The maximum absolute atomic E-state index is 5.95. The summed E-state index contributed by atoms with van der Waals surface area (Å²) in [5.41, 5.74) is 5.44. The molecule has 0 aliphatic rings. The second kappa shape index (κ2) is 3.88. The molecule has 0 aromatic carbocycles. The van der Waals surface area contributed by atoms with Gasteiger partial charge in [0.2, 0.25) is 5.95 Å². The molecule has 0 radical (unpaired) electrons. The Hall–Kier alpha value is -0.590. The topological polar surface area (TPSA) is 56.7 Å². The molecule has 2 N–H and O–H groups in total. The van der Waals surface area contributed by atoms with Crippen molar-refractivity contribution >= 4 is 44.8 Å². The molecule has 7 heteroatoms. The smallest absolute Gasteiger partial charge is 0.240 e. The van der Waals surface area contributed by atoms with Crippen LogP contribution in [0.1, 0.15) is 4.88 Å². The van der Waals surface area contributed by atoms with Gasteiger partial charge in [-0.1, -0.05) is 11.6 Å². The summed E-state index contributed by atoms with van der Waals surface area (Å²) in [7, 11) is 0. The van der Waals surface area contributed by atoms with E-state index in [2.05, 4.69) is 26.0 Å². The lowest BCUT2D eigenvalue weighted by Gasteiger charge is -1.99. The molecule has 0 amide bonds. The van der Waals surface area contributed by atoms with Crippen LogP contribution in [0.5, 0.6) is 0 Å². The zero-order valence-corrected chi connectivity index (χ0v) is 10.1. The summed E-state index contributed by atoms with van der Waals surface area (Å²) in [5.74, 6) is 0.254. The lowest BCUT2D eigenvalue weighted by molar-refractivity contribution is 0.678. The van der Waals surface area contributed by atoms with Crippen molar-refractivity contribution in [3.8, 4) is 0 Å². The molecule has 2 aromatic rings. The first-order valence-corrected chi connectivity index (χ1v) is 5.79. The normalized spacial score (nSPS) is 10.7. The van der Waals surface area contributed by atoms with Gasteiger partial charge < -0.3 is 5.73 Å². The first-order valence-electron chi connectivity index (χ1n) is 3.74. The van der Waals surface area contributed by atoms with Gasteiger partial charge in [-0.2, -0.15) is 4.98 Å². The zero-order valence-electron chi connectivity index (χ0n) is 6.94. The third-order valence-corrected chi connectivity index (χ3v) is 3.59. The van der Waals surface area contributed by atoms with Crippen LogP contribution in [0, 0.1) is 0 Å². The fraction of sp³-hybridized carbons (Fsp3) is 0.143. The lowest BCUT2D eigenvalue weighted by atomic mass is 10.5. The van der Waals surface area contributed by atoms with Gasteiger partial charge in [-0.05, 0) is 27.4 Å². The van der Waals surface area contributed by atoms with Gasteiger partial charge in [0.25, 0.3) is 0 Å². The molecular weight excluding hydrogens is 288 g/mol. The molecule has 0 unspecified atom stereocenters. The predicted molar refractivity (Wildman–Crippen MR) is 60.6 cm³/mol. The molecule has 2 rings (SSSR count). The van der Waals surface area contributed by atoms with Crippen molar-refractivity contribution in [3.05, 3.63) is 26.1 Å². The number of aromatic nitrogens is 3. The van der Waals surface area contributed by atoms with Crippen LogP contribution in [0.2, 0.25) is 5.02 Å². The quantitative estimate of drug-likeness (QED) is 0.925. The van der Waals surface area contributed by atoms with Crippen molar-refractivity contribution in [1.29, 1.82) is 0 Å². The molecule has 0 aliphatic heterocycles. The number of halogens is 2. The van der Waals surface area contributed by atoms with E-state index in [-0.39, 0.29) is 5.95 Å². The molecule has 14 heavy (non-hydrogen) atoms. The lowest BCUT2D eigenvalue weighted by Crippen LogP contribution is -2.01. The molecule has 0 bridgehead atoms.